The molecule has 0 bridgehead atoms. The summed E-state index contributed by atoms with van der Waals surface area (Å²) < 4.78 is 0. The molecule has 142 valence electrons. The average molecular weight is 377 g/mol. The van der Waals surface area contributed by atoms with E-state index in [2.05, 4.69) is 10.2 Å². The fourth-order valence-electron chi connectivity index (χ4n) is 4.19. The smallest absolute Gasteiger partial charge is 0.225 e. The van der Waals surface area contributed by atoms with Crippen molar-refractivity contribution in [3.63, 3.8) is 0 Å². The van der Waals surface area contributed by atoms with Gasteiger partial charge in [-0.05, 0) is 49.7 Å². The number of nitrogens with one attached hydrogen (secondary N) is 1. The second kappa shape index (κ2) is 9.40. The average Bonchev–Trinajstić information content (AvgIpc) is 3.20. The highest BCUT2D eigenvalue weighted by molar-refractivity contribution is 6.31. The van der Waals surface area contributed by atoms with Crippen molar-refractivity contribution in [2.45, 2.75) is 57.9 Å². The summed E-state index contributed by atoms with van der Waals surface area (Å²) in [6, 6.07) is 7.57. The zero-order valence-electron chi connectivity index (χ0n) is 15.4. The van der Waals surface area contributed by atoms with E-state index in [1.807, 2.05) is 24.3 Å². The number of rotatable bonds is 6. The number of halogens is 1. The van der Waals surface area contributed by atoms with Crippen LogP contribution in [-0.4, -0.2) is 29.8 Å². The zero-order valence-corrected chi connectivity index (χ0v) is 16.1. The number of likely N-dealkylation sites (tertiary alicyclic amines) is 1. The van der Waals surface area contributed by atoms with Gasteiger partial charge in [-0.1, -0.05) is 42.6 Å². The number of hydrogen-bond acceptors (Lipinski definition) is 2. The van der Waals surface area contributed by atoms with E-state index in [9.17, 15) is 9.59 Å². The zero-order chi connectivity index (χ0) is 18.4. The third-order valence-electron chi connectivity index (χ3n) is 5.75. The summed E-state index contributed by atoms with van der Waals surface area (Å²) in [4.78, 5) is 26.8. The van der Waals surface area contributed by atoms with Crippen LogP contribution in [0, 0.1) is 11.8 Å². The van der Waals surface area contributed by atoms with Gasteiger partial charge in [0.2, 0.25) is 11.8 Å². The Morgan fingerprint density at radius 1 is 1.12 bits per heavy atom. The minimum atomic E-state index is 0.0594. The molecule has 3 rings (SSSR count). The lowest BCUT2D eigenvalue weighted by atomic mass is 9.92. The quantitative estimate of drug-likeness (QED) is 0.810. The van der Waals surface area contributed by atoms with Crippen LogP contribution in [0.1, 0.15) is 56.9 Å². The van der Waals surface area contributed by atoms with Crippen LogP contribution >= 0.6 is 11.6 Å². The molecule has 26 heavy (non-hydrogen) atoms. The molecule has 1 aromatic rings. The molecule has 1 aromatic carbocycles. The van der Waals surface area contributed by atoms with Crippen LogP contribution in [0.15, 0.2) is 24.3 Å². The molecule has 1 heterocycles. The van der Waals surface area contributed by atoms with Gasteiger partial charge in [0.15, 0.2) is 0 Å². The Morgan fingerprint density at radius 3 is 2.65 bits per heavy atom. The summed E-state index contributed by atoms with van der Waals surface area (Å²) in [7, 11) is 0. The van der Waals surface area contributed by atoms with Crippen LogP contribution in [0.25, 0.3) is 0 Å². The monoisotopic (exact) mass is 376 g/mol. The van der Waals surface area contributed by atoms with Crippen LogP contribution in [0.4, 0.5) is 0 Å². The van der Waals surface area contributed by atoms with Gasteiger partial charge in [0.25, 0.3) is 0 Å². The fraction of sp³-hybridized carbons (Fsp3) is 0.619. The van der Waals surface area contributed by atoms with E-state index in [4.69, 9.17) is 11.6 Å². The van der Waals surface area contributed by atoms with Gasteiger partial charge in [-0.2, -0.15) is 0 Å². The number of piperidine rings is 1. The lowest BCUT2D eigenvalue weighted by molar-refractivity contribution is -0.137. The van der Waals surface area contributed by atoms with E-state index in [1.165, 1.54) is 12.8 Å². The predicted octanol–water partition coefficient (Wildman–Crippen LogP) is 4.17. The number of carbonyl (C=O) groups is 2. The molecule has 1 aliphatic heterocycles. The molecule has 1 N–H and O–H groups in total. The highest BCUT2D eigenvalue weighted by Gasteiger charge is 2.30. The normalized spacial score (nSPS) is 21.0. The molecule has 0 spiro atoms. The third-order valence-corrected chi connectivity index (χ3v) is 6.12. The van der Waals surface area contributed by atoms with Crippen LogP contribution in [0.5, 0.6) is 0 Å². The number of carbonyl (C=O) groups excluding carboxylic acids is 2. The minimum Gasteiger partial charge on any atom is -0.352 e. The molecule has 1 unspecified atom stereocenters. The summed E-state index contributed by atoms with van der Waals surface area (Å²) >= 11 is 6.12. The number of nitrogens with zero attached hydrogens (tertiary/aromatic N) is 1. The molecule has 2 fully saturated rings. The van der Waals surface area contributed by atoms with Gasteiger partial charge < -0.3 is 10.2 Å². The Balaban J connectivity index is 1.40. The maximum atomic E-state index is 12.6. The number of benzene rings is 1. The lowest BCUT2D eigenvalue weighted by Crippen LogP contribution is -2.42. The molecule has 1 saturated carbocycles. The molecule has 0 radical (unpaired) electrons. The van der Waals surface area contributed by atoms with Gasteiger partial charge >= 0.3 is 0 Å². The van der Waals surface area contributed by atoms with Crippen molar-refractivity contribution in [1.29, 1.82) is 0 Å². The Bertz CT molecular complexity index is 628. The molecule has 1 atom stereocenters. The Kier molecular flexibility index (Phi) is 6.95. The maximum absolute atomic E-state index is 12.6. The van der Waals surface area contributed by atoms with Gasteiger partial charge in [0, 0.05) is 37.0 Å². The molecule has 5 heteroatoms. The Hall–Kier alpha value is -1.55. The van der Waals surface area contributed by atoms with E-state index < -0.39 is 0 Å². The summed E-state index contributed by atoms with van der Waals surface area (Å²) in [6.45, 7) is 2.19. The lowest BCUT2D eigenvalue weighted by Gasteiger charge is -2.34. The fourth-order valence-corrected chi connectivity index (χ4v) is 4.39. The van der Waals surface area contributed by atoms with E-state index in [0.29, 0.717) is 29.8 Å². The molecule has 4 nitrogen and oxygen atoms in total. The third kappa shape index (κ3) is 5.23. The molecule has 0 aromatic heterocycles. The Labute approximate surface area is 161 Å². The largest absolute Gasteiger partial charge is 0.352 e. The summed E-state index contributed by atoms with van der Waals surface area (Å²) in [5.41, 5.74) is 0.938. The summed E-state index contributed by atoms with van der Waals surface area (Å²) in [6.07, 6.45) is 8.05. The van der Waals surface area contributed by atoms with E-state index in [-0.39, 0.29) is 11.8 Å². The summed E-state index contributed by atoms with van der Waals surface area (Å²) in [5.74, 6) is 1.12. The first kappa shape index (κ1) is 19.2. The molecule has 1 aliphatic carbocycles. The van der Waals surface area contributed by atoms with Gasteiger partial charge in [0.1, 0.15) is 0 Å². The molecular formula is C21H29ClN2O2. The highest BCUT2D eigenvalue weighted by Crippen LogP contribution is 2.29. The first-order valence-corrected chi connectivity index (χ1v) is 10.3. The van der Waals surface area contributed by atoms with Gasteiger partial charge in [-0.3, -0.25) is 9.59 Å². The number of hydrogen-bond donors (Lipinski definition) is 1. The van der Waals surface area contributed by atoms with Crippen molar-refractivity contribution >= 4 is 23.4 Å². The highest BCUT2D eigenvalue weighted by atomic mass is 35.5. The minimum absolute atomic E-state index is 0.0594. The SMILES string of the molecule is O=C(CCC1CCCN(C(=O)C2CCCC2)C1)NCc1ccccc1Cl. The van der Waals surface area contributed by atoms with E-state index >= 15 is 0 Å². The molecule has 2 aliphatic rings. The predicted molar refractivity (Wildman–Crippen MR) is 104 cm³/mol. The Morgan fingerprint density at radius 2 is 1.88 bits per heavy atom. The number of amides is 2. The maximum Gasteiger partial charge on any atom is 0.225 e. The van der Waals surface area contributed by atoms with Crippen molar-refractivity contribution in [1.82, 2.24) is 10.2 Å². The van der Waals surface area contributed by atoms with Crippen LogP contribution in [-0.2, 0) is 16.1 Å². The molecular weight excluding hydrogens is 348 g/mol. The molecule has 2 amide bonds. The van der Waals surface area contributed by atoms with Gasteiger partial charge in [-0.25, -0.2) is 0 Å². The van der Waals surface area contributed by atoms with E-state index in [1.54, 1.807) is 0 Å². The molecule has 1 saturated heterocycles. The van der Waals surface area contributed by atoms with Crippen molar-refractivity contribution < 1.29 is 9.59 Å². The topological polar surface area (TPSA) is 49.4 Å². The standard InChI is InChI=1S/C21H29ClN2O2/c22-19-10-4-3-9-18(19)14-23-20(25)12-11-16-6-5-13-24(15-16)21(26)17-7-1-2-8-17/h3-4,9-10,16-17H,1-2,5-8,11-15H2,(H,23,25). The second-order valence-corrected chi connectivity index (χ2v) is 8.09. The van der Waals surface area contributed by atoms with Crippen molar-refractivity contribution in [3.8, 4) is 0 Å². The van der Waals surface area contributed by atoms with Gasteiger partial charge in [0.05, 0.1) is 0 Å². The van der Waals surface area contributed by atoms with Crippen LogP contribution < -0.4 is 5.32 Å². The van der Waals surface area contributed by atoms with Crippen LogP contribution in [0.2, 0.25) is 5.02 Å². The van der Waals surface area contributed by atoms with Crippen LogP contribution in [0.3, 0.4) is 0 Å². The summed E-state index contributed by atoms with van der Waals surface area (Å²) in [5, 5.41) is 3.64. The van der Waals surface area contributed by atoms with E-state index in [0.717, 1.165) is 50.8 Å². The second-order valence-electron chi connectivity index (χ2n) is 7.68. The van der Waals surface area contributed by atoms with Crippen molar-refractivity contribution in [3.05, 3.63) is 34.9 Å². The van der Waals surface area contributed by atoms with Gasteiger partial charge in [-0.15, -0.1) is 0 Å². The first-order valence-electron chi connectivity index (χ1n) is 9.92. The van der Waals surface area contributed by atoms with Crippen molar-refractivity contribution in [2.24, 2.45) is 11.8 Å². The van der Waals surface area contributed by atoms with Crippen molar-refractivity contribution in [2.75, 3.05) is 13.1 Å². The first-order chi connectivity index (χ1) is 12.6.